The molecule has 0 atom stereocenters. The summed E-state index contributed by atoms with van der Waals surface area (Å²) in [5.41, 5.74) is 1.06. The Hall–Kier alpha value is -2.56. The molecule has 0 aliphatic carbocycles. The van der Waals surface area contributed by atoms with E-state index in [4.69, 9.17) is 4.74 Å². The number of carbonyl (C=O) groups excluding carboxylic acids is 1. The van der Waals surface area contributed by atoms with E-state index in [1.807, 2.05) is 6.92 Å². The minimum atomic E-state index is -0.449. The molecule has 21 heavy (non-hydrogen) atoms. The Kier molecular flexibility index (Phi) is 4.77. The fourth-order valence-corrected chi connectivity index (χ4v) is 1.97. The lowest BCUT2D eigenvalue weighted by atomic mass is 10.1. The van der Waals surface area contributed by atoms with Gasteiger partial charge in [-0.2, -0.15) is 0 Å². The summed E-state index contributed by atoms with van der Waals surface area (Å²) in [6, 6.07) is 11.4. The molecule has 0 saturated carbocycles. The zero-order chi connectivity index (χ0) is 15.2. The number of amides is 1. The number of hydrogen-bond donors (Lipinski definition) is 2. The van der Waals surface area contributed by atoms with Gasteiger partial charge in [0.15, 0.2) is 0 Å². The van der Waals surface area contributed by atoms with Crippen LogP contribution in [0.3, 0.4) is 0 Å². The highest BCUT2D eigenvalue weighted by Crippen LogP contribution is 2.22. The van der Waals surface area contributed by atoms with Gasteiger partial charge in [0.05, 0.1) is 18.4 Å². The van der Waals surface area contributed by atoms with Crippen molar-refractivity contribution >= 4 is 17.3 Å². The van der Waals surface area contributed by atoms with Gasteiger partial charge < -0.3 is 15.4 Å². The van der Waals surface area contributed by atoms with Crippen molar-refractivity contribution in [2.75, 3.05) is 24.3 Å². The maximum Gasteiger partial charge on any atom is 0.257 e. The topological polar surface area (TPSA) is 50.4 Å². The van der Waals surface area contributed by atoms with Crippen LogP contribution in [0.4, 0.5) is 15.8 Å². The van der Waals surface area contributed by atoms with Gasteiger partial charge in [-0.1, -0.05) is 12.1 Å². The van der Waals surface area contributed by atoms with Gasteiger partial charge in [0.1, 0.15) is 11.6 Å². The first-order valence-electron chi connectivity index (χ1n) is 6.63. The van der Waals surface area contributed by atoms with Crippen LogP contribution >= 0.6 is 0 Å². The summed E-state index contributed by atoms with van der Waals surface area (Å²) < 4.78 is 18.9. The molecule has 0 spiro atoms. The molecule has 2 aromatic rings. The average molecular weight is 288 g/mol. The van der Waals surface area contributed by atoms with E-state index in [1.165, 1.54) is 12.1 Å². The molecular formula is C16H17FN2O2. The monoisotopic (exact) mass is 288 g/mol. The Labute approximate surface area is 122 Å². The Bertz CT molecular complexity index is 644. The number of carbonyl (C=O) groups is 1. The van der Waals surface area contributed by atoms with Crippen LogP contribution in [0.5, 0.6) is 5.75 Å². The number of rotatable bonds is 5. The van der Waals surface area contributed by atoms with Crippen molar-refractivity contribution in [1.82, 2.24) is 0 Å². The van der Waals surface area contributed by atoms with Crippen LogP contribution < -0.4 is 15.4 Å². The molecule has 0 bridgehead atoms. The Morgan fingerprint density at radius 2 is 2.00 bits per heavy atom. The number of para-hydroxylation sites is 1. The number of nitrogens with one attached hydrogen (secondary N) is 2. The third-order valence-electron chi connectivity index (χ3n) is 2.94. The molecule has 0 aliphatic rings. The molecule has 5 heteroatoms. The van der Waals surface area contributed by atoms with E-state index in [-0.39, 0.29) is 17.2 Å². The van der Waals surface area contributed by atoms with E-state index in [2.05, 4.69) is 10.6 Å². The summed E-state index contributed by atoms with van der Waals surface area (Å²) >= 11 is 0. The highest BCUT2D eigenvalue weighted by molar-refractivity contribution is 6.08. The van der Waals surface area contributed by atoms with E-state index < -0.39 is 5.82 Å². The standard InChI is InChI=1S/C16H17FN2O2/c1-3-18-15-13(8-5-9-14(15)17)16(20)19-11-6-4-7-12(10-11)21-2/h4-10,18H,3H2,1-2H3,(H,19,20). The van der Waals surface area contributed by atoms with E-state index in [1.54, 1.807) is 37.4 Å². The second-order valence-corrected chi connectivity index (χ2v) is 4.38. The molecular weight excluding hydrogens is 271 g/mol. The summed E-state index contributed by atoms with van der Waals surface area (Å²) in [6.45, 7) is 2.37. The van der Waals surface area contributed by atoms with Gasteiger partial charge >= 0.3 is 0 Å². The maximum atomic E-state index is 13.8. The zero-order valence-corrected chi connectivity index (χ0v) is 11.9. The van der Waals surface area contributed by atoms with E-state index in [9.17, 15) is 9.18 Å². The first kappa shape index (κ1) is 14.8. The first-order chi connectivity index (χ1) is 10.2. The van der Waals surface area contributed by atoms with Crippen molar-refractivity contribution < 1.29 is 13.9 Å². The fraction of sp³-hybridized carbons (Fsp3) is 0.188. The number of halogens is 1. The summed E-state index contributed by atoms with van der Waals surface area (Å²) in [7, 11) is 1.55. The molecule has 0 unspecified atom stereocenters. The molecule has 2 rings (SSSR count). The summed E-state index contributed by atoms with van der Waals surface area (Å²) in [6.07, 6.45) is 0. The van der Waals surface area contributed by atoms with E-state index in [0.717, 1.165) is 0 Å². The second kappa shape index (κ2) is 6.74. The Morgan fingerprint density at radius 3 is 2.71 bits per heavy atom. The van der Waals surface area contributed by atoms with Gasteiger partial charge in [0.2, 0.25) is 0 Å². The lowest BCUT2D eigenvalue weighted by Crippen LogP contribution is -2.15. The van der Waals surface area contributed by atoms with Gasteiger partial charge in [-0.3, -0.25) is 4.79 Å². The largest absolute Gasteiger partial charge is 0.497 e. The van der Waals surface area contributed by atoms with Crippen LogP contribution in [-0.4, -0.2) is 19.6 Å². The van der Waals surface area contributed by atoms with Gasteiger partial charge in [-0.25, -0.2) is 4.39 Å². The molecule has 110 valence electrons. The van der Waals surface area contributed by atoms with Crippen molar-refractivity contribution in [2.24, 2.45) is 0 Å². The minimum Gasteiger partial charge on any atom is -0.497 e. The Balaban J connectivity index is 2.26. The molecule has 2 N–H and O–H groups in total. The van der Waals surface area contributed by atoms with Crippen molar-refractivity contribution in [3.8, 4) is 5.75 Å². The van der Waals surface area contributed by atoms with Crippen LogP contribution in [0.15, 0.2) is 42.5 Å². The number of hydrogen-bond acceptors (Lipinski definition) is 3. The lowest BCUT2D eigenvalue weighted by Gasteiger charge is -2.12. The number of benzene rings is 2. The number of methoxy groups -OCH3 is 1. The van der Waals surface area contributed by atoms with Crippen LogP contribution in [0.2, 0.25) is 0 Å². The predicted molar refractivity (Wildman–Crippen MR) is 81.5 cm³/mol. The van der Waals surface area contributed by atoms with Crippen molar-refractivity contribution in [2.45, 2.75) is 6.92 Å². The smallest absolute Gasteiger partial charge is 0.257 e. The molecule has 0 radical (unpaired) electrons. The second-order valence-electron chi connectivity index (χ2n) is 4.38. The predicted octanol–water partition coefficient (Wildman–Crippen LogP) is 3.52. The summed E-state index contributed by atoms with van der Waals surface area (Å²) in [5.74, 6) is -0.187. The highest BCUT2D eigenvalue weighted by Gasteiger charge is 2.14. The third-order valence-corrected chi connectivity index (χ3v) is 2.94. The summed E-state index contributed by atoms with van der Waals surface area (Å²) in [5, 5.41) is 5.61. The van der Waals surface area contributed by atoms with Gasteiger partial charge in [-0.15, -0.1) is 0 Å². The van der Waals surface area contributed by atoms with Crippen molar-refractivity contribution in [1.29, 1.82) is 0 Å². The third kappa shape index (κ3) is 3.51. The van der Waals surface area contributed by atoms with Crippen LogP contribution in [0, 0.1) is 5.82 Å². The molecule has 2 aromatic carbocycles. The zero-order valence-electron chi connectivity index (χ0n) is 11.9. The Morgan fingerprint density at radius 1 is 1.24 bits per heavy atom. The molecule has 1 amide bonds. The van der Waals surface area contributed by atoms with Crippen molar-refractivity contribution in [3.63, 3.8) is 0 Å². The molecule has 0 aromatic heterocycles. The van der Waals surface area contributed by atoms with Crippen LogP contribution in [0.1, 0.15) is 17.3 Å². The quantitative estimate of drug-likeness (QED) is 0.885. The molecule has 0 heterocycles. The summed E-state index contributed by atoms with van der Waals surface area (Å²) in [4.78, 5) is 12.3. The van der Waals surface area contributed by atoms with Gasteiger partial charge in [0, 0.05) is 18.3 Å². The first-order valence-corrected chi connectivity index (χ1v) is 6.63. The normalized spacial score (nSPS) is 10.0. The maximum absolute atomic E-state index is 13.8. The van der Waals surface area contributed by atoms with Gasteiger partial charge in [0.25, 0.3) is 5.91 Å². The molecule has 4 nitrogen and oxygen atoms in total. The number of anilines is 2. The van der Waals surface area contributed by atoms with Gasteiger partial charge in [-0.05, 0) is 31.2 Å². The van der Waals surface area contributed by atoms with Crippen LogP contribution in [0.25, 0.3) is 0 Å². The van der Waals surface area contributed by atoms with Crippen LogP contribution in [-0.2, 0) is 0 Å². The average Bonchev–Trinajstić information content (AvgIpc) is 2.49. The van der Waals surface area contributed by atoms with E-state index >= 15 is 0 Å². The fourth-order valence-electron chi connectivity index (χ4n) is 1.97. The number of ether oxygens (including phenoxy) is 1. The van der Waals surface area contributed by atoms with Crippen molar-refractivity contribution in [3.05, 3.63) is 53.8 Å². The SMILES string of the molecule is CCNc1c(F)cccc1C(=O)Nc1cccc(OC)c1. The molecule has 0 aliphatic heterocycles. The molecule has 0 saturated heterocycles. The lowest BCUT2D eigenvalue weighted by molar-refractivity contribution is 0.102. The van der Waals surface area contributed by atoms with E-state index in [0.29, 0.717) is 18.0 Å². The minimum absolute atomic E-state index is 0.209. The highest BCUT2D eigenvalue weighted by atomic mass is 19.1. The molecule has 0 fully saturated rings.